The van der Waals surface area contributed by atoms with Gasteiger partial charge in [-0.25, -0.2) is 4.98 Å². The van der Waals surface area contributed by atoms with E-state index >= 15 is 0 Å². The van der Waals surface area contributed by atoms with Crippen molar-refractivity contribution in [2.75, 3.05) is 13.1 Å². The molecule has 3 aromatic rings. The van der Waals surface area contributed by atoms with Crippen LogP contribution in [-0.4, -0.2) is 28.9 Å². The lowest BCUT2D eigenvalue weighted by atomic mass is 9.99. The number of carbonyl (C=O) groups is 1. The highest BCUT2D eigenvalue weighted by molar-refractivity contribution is 6.07. The maximum absolute atomic E-state index is 13.9. The molecule has 1 amide bonds. The van der Waals surface area contributed by atoms with Gasteiger partial charge in [-0.3, -0.25) is 4.79 Å². The van der Waals surface area contributed by atoms with Gasteiger partial charge in [-0.2, -0.15) is 0 Å². The minimum atomic E-state index is 0.146. The molecule has 0 aliphatic rings. The fourth-order valence-electron chi connectivity index (χ4n) is 4.54. The Morgan fingerprint density at radius 3 is 2.12 bits per heavy atom. The molecule has 3 nitrogen and oxygen atoms in total. The average Bonchev–Trinajstić information content (AvgIpc) is 2.82. The molecule has 33 heavy (non-hydrogen) atoms. The van der Waals surface area contributed by atoms with E-state index in [1.165, 1.54) is 49.7 Å². The number of para-hydroxylation sites is 1. The molecule has 2 aromatic carbocycles. The van der Waals surface area contributed by atoms with Gasteiger partial charge >= 0.3 is 0 Å². The fraction of sp³-hybridized carbons (Fsp3) is 0.467. The number of pyridine rings is 1. The minimum Gasteiger partial charge on any atom is -0.339 e. The third-order valence-corrected chi connectivity index (χ3v) is 6.45. The van der Waals surface area contributed by atoms with Gasteiger partial charge in [0.25, 0.3) is 5.91 Å². The summed E-state index contributed by atoms with van der Waals surface area (Å²) in [5, 5.41) is 0.947. The van der Waals surface area contributed by atoms with Crippen molar-refractivity contribution in [1.82, 2.24) is 9.88 Å². The monoisotopic (exact) mass is 444 g/mol. The number of unbranched alkanes of at least 4 members (excludes halogenated alkanes) is 6. The van der Waals surface area contributed by atoms with Crippen molar-refractivity contribution in [3.63, 3.8) is 0 Å². The van der Waals surface area contributed by atoms with Crippen LogP contribution in [0.3, 0.4) is 0 Å². The predicted molar refractivity (Wildman–Crippen MR) is 141 cm³/mol. The first-order valence-corrected chi connectivity index (χ1v) is 12.8. The van der Waals surface area contributed by atoms with E-state index in [1.54, 1.807) is 0 Å². The Labute approximate surface area is 200 Å². The van der Waals surface area contributed by atoms with Gasteiger partial charge in [0, 0.05) is 24.0 Å². The first kappa shape index (κ1) is 25.0. The Balaban J connectivity index is 1.97. The van der Waals surface area contributed by atoms with Crippen molar-refractivity contribution < 1.29 is 4.79 Å². The molecule has 176 valence electrons. The van der Waals surface area contributed by atoms with Crippen LogP contribution in [0.1, 0.15) is 86.7 Å². The van der Waals surface area contributed by atoms with Gasteiger partial charge in [-0.15, -0.1) is 0 Å². The molecule has 1 heterocycles. The van der Waals surface area contributed by atoms with Crippen LogP contribution in [0.15, 0.2) is 48.5 Å². The normalized spacial score (nSPS) is 11.2. The molecule has 0 atom stereocenters. The van der Waals surface area contributed by atoms with Crippen LogP contribution in [-0.2, 0) is 0 Å². The number of aromatic nitrogens is 1. The molecular formula is C30H40N2O. The summed E-state index contributed by atoms with van der Waals surface area (Å²) in [5.74, 6) is 0.146. The topological polar surface area (TPSA) is 33.2 Å². The summed E-state index contributed by atoms with van der Waals surface area (Å²) in [5.41, 5.74) is 6.06. The lowest BCUT2D eigenvalue weighted by Gasteiger charge is -2.24. The van der Waals surface area contributed by atoms with Crippen molar-refractivity contribution >= 4 is 16.8 Å². The summed E-state index contributed by atoms with van der Waals surface area (Å²) in [6.45, 7) is 10.3. The number of carbonyl (C=O) groups excluding carboxylic acids is 1. The molecule has 0 spiro atoms. The van der Waals surface area contributed by atoms with Crippen LogP contribution in [0.2, 0.25) is 0 Å². The summed E-state index contributed by atoms with van der Waals surface area (Å²) in [6.07, 6.45) is 9.37. The molecule has 0 aliphatic carbocycles. The number of amides is 1. The Morgan fingerprint density at radius 2 is 1.48 bits per heavy atom. The van der Waals surface area contributed by atoms with E-state index in [0.29, 0.717) is 0 Å². The lowest BCUT2D eigenvalue weighted by molar-refractivity contribution is 0.0751. The second kappa shape index (κ2) is 12.5. The summed E-state index contributed by atoms with van der Waals surface area (Å²) in [7, 11) is 0. The summed E-state index contributed by atoms with van der Waals surface area (Å²) < 4.78 is 0. The van der Waals surface area contributed by atoms with Crippen LogP contribution >= 0.6 is 0 Å². The molecule has 0 fully saturated rings. The van der Waals surface area contributed by atoms with Crippen molar-refractivity contribution in [2.24, 2.45) is 0 Å². The predicted octanol–water partition coefficient (Wildman–Crippen LogP) is 8.12. The van der Waals surface area contributed by atoms with Gasteiger partial charge < -0.3 is 4.90 Å². The molecular weight excluding hydrogens is 404 g/mol. The quantitative estimate of drug-likeness (QED) is 0.264. The van der Waals surface area contributed by atoms with Crippen molar-refractivity contribution in [3.8, 4) is 11.3 Å². The van der Waals surface area contributed by atoms with Crippen LogP contribution in [0.5, 0.6) is 0 Å². The van der Waals surface area contributed by atoms with Gasteiger partial charge in [0.05, 0.1) is 16.8 Å². The highest BCUT2D eigenvalue weighted by Gasteiger charge is 2.20. The molecule has 0 aliphatic heterocycles. The highest BCUT2D eigenvalue weighted by Crippen LogP contribution is 2.28. The second-order valence-electron chi connectivity index (χ2n) is 9.30. The smallest absolute Gasteiger partial charge is 0.254 e. The molecule has 0 saturated carbocycles. The number of benzene rings is 2. The zero-order valence-corrected chi connectivity index (χ0v) is 21.0. The minimum absolute atomic E-state index is 0.146. The van der Waals surface area contributed by atoms with Gasteiger partial charge in [0.1, 0.15) is 0 Å². The molecule has 1 aromatic heterocycles. The Bertz CT molecular complexity index is 1040. The van der Waals surface area contributed by atoms with Crippen molar-refractivity contribution in [3.05, 3.63) is 65.2 Å². The lowest BCUT2D eigenvalue weighted by Crippen LogP contribution is -2.33. The van der Waals surface area contributed by atoms with Gasteiger partial charge in [-0.1, -0.05) is 94.3 Å². The number of fused-ring (bicyclic) bond motifs is 1. The van der Waals surface area contributed by atoms with Crippen LogP contribution in [0.25, 0.3) is 22.2 Å². The van der Waals surface area contributed by atoms with E-state index in [1.807, 2.05) is 30.3 Å². The molecule has 0 bridgehead atoms. The van der Waals surface area contributed by atoms with E-state index < -0.39 is 0 Å². The largest absolute Gasteiger partial charge is 0.339 e. The number of aryl methyl sites for hydroxylation is 2. The third kappa shape index (κ3) is 6.66. The van der Waals surface area contributed by atoms with Gasteiger partial charge in [-0.05, 0) is 44.4 Å². The Kier molecular flexibility index (Phi) is 9.47. The molecule has 0 saturated heterocycles. The number of hydrogen-bond donors (Lipinski definition) is 0. The zero-order chi connectivity index (χ0) is 23.6. The Morgan fingerprint density at radius 1 is 0.818 bits per heavy atom. The Hall–Kier alpha value is -2.68. The van der Waals surface area contributed by atoms with Gasteiger partial charge in [0.2, 0.25) is 0 Å². The number of hydrogen-bond acceptors (Lipinski definition) is 2. The average molecular weight is 445 g/mol. The van der Waals surface area contributed by atoms with E-state index in [0.717, 1.165) is 53.7 Å². The summed E-state index contributed by atoms with van der Waals surface area (Å²) in [4.78, 5) is 20.9. The first-order chi connectivity index (χ1) is 16.0. The maximum atomic E-state index is 13.9. The molecule has 0 unspecified atom stereocenters. The number of rotatable bonds is 12. The fourth-order valence-corrected chi connectivity index (χ4v) is 4.54. The highest BCUT2D eigenvalue weighted by atomic mass is 16.2. The molecule has 0 N–H and O–H groups in total. The standard InChI is InChI=1S/C30H40N2O/c1-5-7-9-13-19-32(20-14-10-8-6-2)30(33)27-22-29(25-18-17-23(3)21-24(25)4)31-28-16-12-11-15-26(27)28/h11-12,15-18,21-22H,5-10,13-14,19-20H2,1-4H3. The second-order valence-corrected chi connectivity index (χ2v) is 9.30. The van der Waals surface area contributed by atoms with Crippen molar-refractivity contribution in [2.45, 2.75) is 79.1 Å². The van der Waals surface area contributed by atoms with E-state index in [-0.39, 0.29) is 5.91 Å². The van der Waals surface area contributed by atoms with Gasteiger partial charge in [0.15, 0.2) is 0 Å². The van der Waals surface area contributed by atoms with Crippen LogP contribution in [0.4, 0.5) is 0 Å². The van der Waals surface area contributed by atoms with E-state index in [4.69, 9.17) is 4.98 Å². The zero-order valence-electron chi connectivity index (χ0n) is 21.0. The number of nitrogens with zero attached hydrogens (tertiary/aromatic N) is 2. The summed E-state index contributed by atoms with van der Waals surface area (Å²) >= 11 is 0. The van der Waals surface area contributed by atoms with Crippen LogP contribution < -0.4 is 0 Å². The van der Waals surface area contributed by atoms with E-state index in [2.05, 4.69) is 50.8 Å². The molecule has 0 radical (unpaired) electrons. The van der Waals surface area contributed by atoms with E-state index in [9.17, 15) is 4.79 Å². The maximum Gasteiger partial charge on any atom is 0.254 e. The SMILES string of the molecule is CCCCCCN(CCCCCC)C(=O)c1cc(-c2ccc(C)cc2C)nc2ccccc12. The molecule has 3 rings (SSSR count). The first-order valence-electron chi connectivity index (χ1n) is 12.8. The third-order valence-electron chi connectivity index (χ3n) is 6.45. The summed E-state index contributed by atoms with van der Waals surface area (Å²) in [6, 6.07) is 16.5. The molecule has 3 heteroatoms. The van der Waals surface area contributed by atoms with Crippen LogP contribution in [0, 0.1) is 13.8 Å². The van der Waals surface area contributed by atoms with Crippen molar-refractivity contribution in [1.29, 1.82) is 0 Å².